The summed E-state index contributed by atoms with van der Waals surface area (Å²) in [5, 5.41) is 4.82. The normalized spacial score (nSPS) is 12.2. The molecule has 2 rings (SSSR count). The van der Waals surface area contributed by atoms with Gasteiger partial charge in [0.1, 0.15) is 5.75 Å². The molecule has 0 bridgehead atoms. The maximum atomic E-state index is 12.3. The summed E-state index contributed by atoms with van der Waals surface area (Å²) >= 11 is 5.90. The van der Waals surface area contributed by atoms with E-state index in [0.717, 1.165) is 17.0 Å². The van der Waals surface area contributed by atoms with E-state index in [1.54, 1.807) is 25.1 Å². The Kier molecular flexibility index (Phi) is 4.14. The minimum Gasteiger partial charge on any atom is -0.481 e. The molecule has 0 saturated carbocycles. The van der Waals surface area contributed by atoms with Gasteiger partial charge in [-0.25, -0.2) is 4.68 Å². The molecular formula is C15H17ClN2O2. The van der Waals surface area contributed by atoms with Crippen LogP contribution >= 0.6 is 11.6 Å². The summed E-state index contributed by atoms with van der Waals surface area (Å²) in [6, 6.07) is 7.17. The summed E-state index contributed by atoms with van der Waals surface area (Å²) in [4.78, 5) is 12.3. The number of ether oxygens (including phenoxy) is 1. The van der Waals surface area contributed by atoms with Crippen LogP contribution in [0.3, 0.4) is 0 Å². The molecular weight excluding hydrogens is 276 g/mol. The van der Waals surface area contributed by atoms with Crippen molar-refractivity contribution in [3.05, 3.63) is 46.2 Å². The van der Waals surface area contributed by atoms with Crippen molar-refractivity contribution in [1.82, 2.24) is 9.78 Å². The highest BCUT2D eigenvalue weighted by atomic mass is 35.5. The van der Waals surface area contributed by atoms with E-state index >= 15 is 0 Å². The minimum absolute atomic E-state index is 0.190. The highest BCUT2D eigenvalue weighted by Crippen LogP contribution is 2.23. The van der Waals surface area contributed by atoms with Crippen molar-refractivity contribution in [2.75, 3.05) is 0 Å². The summed E-state index contributed by atoms with van der Waals surface area (Å²) in [6.07, 6.45) is -0.618. The average Bonchev–Trinajstić information content (AvgIpc) is 2.71. The fourth-order valence-electron chi connectivity index (χ4n) is 2.01. The van der Waals surface area contributed by atoms with Crippen LogP contribution in [0.1, 0.15) is 28.7 Å². The summed E-state index contributed by atoms with van der Waals surface area (Å²) < 4.78 is 7.09. The number of carbonyl (C=O) groups is 1. The highest BCUT2D eigenvalue weighted by Gasteiger charge is 2.20. The smallest absolute Gasteiger partial charge is 0.287 e. The van der Waals surface area contributed by atoms with Crippen LogP contribution in [0, 0.1) is 20.8 Å². The Morgan fingerprint density at radius 1 is 1.30 bits per heavy atom. The monoisotopic (exact) mass is 292 g/mol. The lowest BCUT2D eigenvalue weighted by atomic mass is 10.2. The molecule has 1 heterocycles. The fourth-order valence-corrected chi connectivity index (χ4v) is 2.24. The molecule has 0 unspecified atom stereocenters. The number of hydrogen-bond donors (Lipinski definition) is 0. The second kappa shape index (κ2) is 5.67. The topological polar surface area (TPSA) is 44.1 Å². The molecule has 0 amide bonds. The molecule has 1 aromatic carbocycles. The Morgan fingerprint density at radius 3 is 2.55 bits per heavy atom. The molecule has 0 N–H and O–H groups in total. The lowest BCUT2D eigenvalue weighted by Crippen LogP contribution is -2.31. The standard InChI is InChI=1S/C15H17ClN2O2/c1-9-7-13(16)5-6-14(9)20-12(4)15(19)18-11(3)8-10(2)17-18/h5-8,12H,1-4H3/t12-/m1/s1. The first-order valence-corrected chi connectivity index (χ1v) is 6.76. The van der Waals surface area contributed by atoms with E-state index in [2.05, 4.69) is 5.10 Å². The maximum Gasteiger partial charge on any atom is 0.287 e. The van der Waals surface area contributed by atoms with Crippen LogP contribution in [0.2, 0.25) is 5.02 Å². The zero-order valence-corrected chi connectivity index (χ0v) is 12.7. The molecule has 20 heavy (non-hydrogen) atoms. The average molecular weight is 293 g/mol. The molecule has 106 valence electrons. The van der Waals surface area contributed by atoms with Crippen LogP contribution < -0.4 is 4.74 Å². The van der Waals surface area contributed by atoms with E-state index in [-0.39, 0.29) is 5.91 Å². The molecule has 2 aromatic rings. The Bertz CT molecular complexity index is 649. The van der Waals surface area contributed by atoms with Crippen molar-refractivity contribution < 1.29 is 9.53 Å². The van der Waals surface area contributed by atoms with Crippen LogP contribution in [0.5, 0.6) is 5.75 Å². The van der Waals surface area contributed by atoms with Crippen LogP contribution in [-0.2, 0) is 0 Å². The number of aromatic nitrogens is 2. The number of rotatable bonds is 3. The zero-order chi connectivity index (χ0) is 14.9. The zero-order valence-electron chi connectivity index (χ0n) is 12.0. The summed E-state index contributed by atoms with van der Waals surface area (Å²) in [5.74, 6) is 0.460. The molecule has 0 radical (unpaired) electrons. The third-order valence-corrected chi connectivity index (χ3v) is 3.24. The van der Waals surface area contributed by atoms with Gasteiger partial charge in [-0.15, -0.1) is 0 Å². The SMILES string of the molecule is Cc1cc(C)n(C(=O)[C@@H](C)Oc2ccc(Cl)cc2C)n1. The summed E-state index contributed by atoms with van der Waals surface area (Å²) in [5.41, 5.74) is 2.51. The quantitative estimate of drug-likeness (QED) is 0.868. The van der Waals surface area contributed by atoms with Gasteiger partial charge >= 0.3 is 0 Å². The second-order valence-electron chi connectivity index (χ2n) is 4.85. The van der Waals surface area contributed by atoms with Crippen molar-refractivity contribution in [2.24, 2.45) is 0 Å². The fraction of sp³-hybridized carbons (Fsp3) is 0.333. The molecule has 0 aliphatic rings. The van der Waals surface area contributed by atoms with Crippen LogP contribution in [0.4, 0.5) is 0 Å². The predicted octanol–water partition coefficient (Wildman–Crippen LogP) is 3.57. The van der Waals surface area contributed by atoms with Crippen molar-refractivity contribution in [2.45, 2.75) is 33.8 Å². The van der Waals surface area contributed by atoms with Crippen molar-refractivity contribution in [3.8, 4) is 5.75 Å². The lowest BCUT2D eigenvalue weighted by molar-refractivity contribution is 0.0706. The Hall–Kier alpha value is -1.81. The molecule has 0 spiro atoms. The number of carbonyl (C=O) groups excluding carboxylic acids is 1. The van der Waals surface area contributed by atoms with Gasteiger partial charge in [-0.1, -0.05) is 11.6 Å². The number of hydrogen-bond acceptors (Lipinski definition) is 3. The van der Waals surface area contributed by atoms with Gasteiger partial charge in [0.05, 0.1) is 5.69 Å². The Labute approximate surface area is 123 Å². The maximum absolute atomic E-state index is 12.3. The Balaban J connectivity index is 2.17. The number of nitrogens with zero attached hydrogens (tertiary/aromatic N) is 2. The van der Waals surface area contributed by atoms with Crippen LogP contribution in [0.25, 0.3) is 0 Å². The largest absolute Gasteiger partial charge is 0.481 e. The molecule has 5 heteroatoms. The first-order valence-electron chi connectivity index (χ1n) is 6.39. The Morgan fingerprint density at radius 2 is 2.00 bits per heavy atom. The van der Waals surface area contributed by atoms with Crippen LogP contribution in [0.15, 0.2) is 24.3 Å². The summed E-state index contributed by atoms with van der Waals surface area (Å²) in [7, 11) is 0. The van der Waals surface area contributed by atoms with Crippen molar-refractivity contribution in [1.29, 1.82) is 0 Å². The lowest BCUT2D eigenvalue weighted by Gasteiger charge is -2.16. The van der Waals surface area contributed by atoms with E-state index < -0.39 is 6.10 Å². The van der Waals surface area contributed by atoms with E-state index in [9.17, 15) is 4.79 Å². The van der Waals surface area contributed by atoms with Gasteiger partial charge in [0, 0.05) is 10.7 Å². The van der Waals surface area contributed by atoms with Gasteiger partial charge in [-0.05, 0) is 57.5 Å². The first-order chi connectivity index (χ1) is 9.38. The third-order valence-electron chi connectivity index (χ3n) is 3.01. The van der Waals surface area contributed by atoms with Crippen LogP contribution in [-0.4, -0.2) is 21.8 Å². The molecule has 0 aliphatic heterocycles. The van der Waals surface area contributed by atoms with Gasteiger partial charge in [0.15, 0.2) is 6.10 Å². The van der Waals surface area contributed by atoms with Gasteiger partial charge in [-0.2, -0.15) is 5.10 Å². The van der Waals surface area contributed by atoms with Crippen molar-refractivity contribution >= 4 is 17.5 Å². The third kappa shape index (κ3) is 3.02. The first kappa shape index (κ1) is 14.6. The molecule has 1 atom stereocenters. The van der Waals surface area contributed by atoms with Gasteiger partial charge in [-0.3, -0.25) is 4.79 Å². The van der Waals surface area contributed by atoms with E-state index in [0.29, 0.717) is 10.8 Å². The predicted molar refractivity (Wildman–Crippen MR) is 78.6 cm³/mol. The van der Waals surface area contributed by atoms with E-state index in [4.69, 9.17) is 16.3 Å². The molecule has 4 nitrogen and oxygen atoms in total. The second-order valence-corrected chi connectivity index (χ2v) is 5.28. The number of halogens is 1. The number of aryl methyl sites for hydroxylation is 3. The number of benzene rings is 1. The van der Waals surface area contributed by atoms with Gasteiger partial charge < -0.3 is 4.74 Å². The van der Waals surface area contributed by atoms with Gasteiger partial charge in [0.2, 0.25) is 0 Å². The van der Waals surface area contributed by atoms with E-state index in [1.807, 2.05) is 26.8 Å². The van der Waals surface area contributed by atoms with Crippen molar-refractivity contribution in [3.63, 3.8) is 0 Å². The van der Waals surface area contributed by atoms with Gasteiger partial charge in [0.25, 0.3) is 5.91 Å². The highest BCUT2D eigenvalue weighted by molar-refractivity contribution is 6.30. The molecule has 0 fully saturated rings. The molecule has 1 aromatic heterocycles. The minimum atomic E-state index is -0.618. The molecule has 0 saturated heterocycles. The van der Waals surface area contributed by atoms with E-state index in [1.165, 1.54) is 4.68 Å². The molecule has 0 aliphatic carbocycles. The summed E-state index contributed by atoms with van der Waals surface area (Å²) in [6.45, 7) is 7.30.